The number of carbonyl (C=O) groups excluding carboxylic acids is 6. The lowest BCUT2D eigenvalue weighted by atomic mass is 9.81. The van der Waals surface area contributed by atoms with Crippen LogP contribution in [0.1, 0.15) is 97.1 Å². The van der Waals surface area contributed by atoms with E-state index in [9.17, 15) is 91.7 Å². The molecule has 7 rings (SSSR count). The van der Waals surface area contributed by atoms with Crippen LogP contribution in [0.3, 0.4) is 0 Å². The summed E-state index contributed by atoms with van der Waals surface area (Å²) in [7, 11) is 0. The van der Waals surface area contributed by atoms with Crippen LogP contribution in [-0.2, 0) is 99.6 Å². The summed E-state index contributed by atoms with van der Waals surface area (Å²) in [6.07, 6.45) is -24.0. The molecule has 0 aliphatic carbocycles. The number of ether oxygens (including phenoxy) is 8. The summed E-state index contributed by atoms with van der Waals surface area (Å²) < 4.78 is 204. The summed E-state index contributed by atoms with van der Waals surface area (Å²) in [5.41, 5.74) is 12.8. The van der Waals surface area contributed by atoms with E-state index < -0.39 is 195 Å². The van der Waals surface area contributed by atoms with Crippen molar-refractivity contribution in [3.8, 4) is 23.6 Å². The van der Waals surface area contributed by atoms with Crippen LogP contribution >= 0.6 is 0 Å². The van der Waals surface area contributed by atoms with E-state index in [1.807, 2.05) is 10.6 Å². The third-order valence-electron chi connectivity index (χ3n) is 18.5. The van der Waals surface area contributed by atoms with Crippen LogP contribution < -0.4 is 21.3 Å². The molecule has 580 valence electrons. The number of alkyl halides is 12. The number of terminal acetylenes is 1. The van der Waals surface area contributed by atoms with Gasteiger partial charge < -0.3 is 79.6 Å². The van der Waals surface area contributed by atoms with E-state index in [1.54, 1.807) is 94.8 Å². The molecule has 4 aliphatic rings. The van der Waals surface area contributed by atoms with Gasteiger partial charge in [0.2, 0.25) is 12.6 Å². The van der Waals surface area contributed by atoms with Crippen LogP contribution in [0.2, 0.25) is 0 Å². The number of amides is 4. The molecule has 0 bridgehead atoms. The van der Waals surface area contributed by atoms with Gasteiger partial charge in [-0.1, -0.05) is 83.8 Å². The topological polar surface area (TPSA) is 385 Å². The third-order valence-corrected chi connectivity index (χ3v) is 18.5. The summed E-state index contributed by atoms with van der Waals surface area (Å²) in [4.78, 5) is 73.2. The minimum absolute atomic E-state index is 0.0350. The highest BCUT2D eigenvalue weighted by Gasteiger charge is 2.53. The number of hydrogen-bond donors (Lipinski definition) is 8. The Balaban J connectivity index is 0.000000329. The first-order chi connectivity index (χ1) is 48.4. The van der Waals surface area contributed by atoms with Gasteiger partial charge in [0.15, 0.2) is 12.6 Å². The van der Waals surface area contributed by atoms with Crippen molar-refractivity contribution in [2.24, 2.45) is 52.5 Å². The molecular formula is C64H82F12N10O18. The van der Waals surface area contributed by atoms with Gasteiger partial charge in [-0.15, -0.1) is 11.5 Å². The summed E-state index contributed by atoms with van der Waals surface area (Å²) in [5.74, 6) is -13.5. The maximum atomic E-state index is 13.4. The van der Waals surface area contributed by atoms with Gasteiger partial charge in [0.1, 0.15) is 5.69 Å². The monoisotopic (exact) mass is 1510 g/mol. The number of aliphatic hydroxyl groups excluding tert-OH is 4. The van der Waals surface area contributed by atoms with Crippen LogP contribution in [0.15, 0.2) is 47.7 Å². The zero-order valence-electron chi connectivity index (χ0n) is 57.5. The predicted molar refractivity (Wildman–Crippen MR) is 333 cm³/mol. The molecule has 104 heavy (non-hydrogen) atoms. The van der Waals surface area contributed by atoms with Crippen LogP contribution in [-0.4, -0.2) is 189 Å². The number of halogens is 12. The van der Waals surface area contributed by atoms with Crippen molar-refractivity contribution in [2.45, 2.75) is 201 Å². The van der Waals surface area contributed by atoms with Gasteiger partial charge >= 0.3 is 60.3 Å². The van der Waals surface area contributed by atoms with Crippen LogP contribution in [0.4, 0.5) is 52.7 Å². The molecule has 2 aromatic carbocycles. The molecule has 20 atom stereocenters. The molecule has 1 aromatic heterocycles. The van der Waals surface area contributed by atoms with Crippen molar-refractivity contribution in [2.75, 3.05) is 19.8 Å². The minimum atomic E-state index is -5.23. The largest absolute Gasteiger partial charge is 0.471 e. The molecule has 4 fully saturated rings. The number of hydrogen-bond acceptors (Lipinski definition) is 21. The quantitative estimate of drug-likeness (QED) is 0.0147. The first-order valence-electron chi connectivity index (χ1n) is 32.2. The molecule has 0 radical (unpaired) electrons. The second kappa shape index (κ2) is 37.3. The number of benzene rings is 2. The van der Waals surface area contributed by atoms with Gasteiger partial charge in [0, 0.05) is 29.9 Å². The first-order valence-corrected chi connectivity index (χ1v) is 32.2. The Morgan fingerprint density at radius 2 is 0.837 bits per heavy atom. The summed E-state index contributed by atoms with van der Waals surface area (Å²) in [6.45, 7) is 13.0. The van der Waals surface area contributed by atoms with E-state index in [1.165, 1.54) is 18.5 Å². The van der Waals surface area contributed by atoms with Crippen molar-refractivity contribution in [1.82, 2.24) is 36.3 Å². The predicted octanol–water partition coefficient (Wildman–Crippen LogP) is 6.22. The Morgan fingerprint density at radius 1 is 0.519 bits per heavy atom. The van der Waals surface area contributed by atoms with Crippen LogP contribution in [0, 0.1) is 59.7 Å². The molecule has 4 saturated heterocycles. The van der Waals surface area contributed by atoms with Gasteiger partial charge in [-0.3, -0.25) is 28.8 Å². The number of aromatic nitrogens is 3. The van der Waals surface area contributed by atoms with Gasteiger partial charge in [0.25, 0.3) is 0 Å². The second-order valence-corrected chi connectivity index (χ2v) is 25.5. The van der Waals surface area contributed by atoms with Crippen molar-refractivity contribution < 1.29 is 140 Å². The number of rotatable bonds is 21. The molecule has 8 N–H and O–H groups in total. The fourth-order valence-corrected chi connectivity index (χ4v) is 11.8. The van der Waals surface area contributed by atoms with Crippen molar-refractivity contribution in [1.29, 1.82) is 0 Å². The van der Waals surface area contributed by atoms with E-state index >= 15 is 0 Å². The lowest BCUT2D eigenvalue weighted by Gasteiger charge is -2.47. The SMILES string of the molecule is C#Cc1cc(CO)cc(CO)c1.CC(=O)O[C@@H]1OC(CO[C@@H]2OC(CN=[N+]=[N-])[C@@H](C)[C@H](C)C2NC(=O)C(F)(F)F)[C@@H](C)[C@H](C)C1NC(=O)C(F)(F)F.CC(=O)O[C@@H]1OC(CO[C@@H]2OC(Cn3cc(-c4cc(CO)cc(CO)c4)nn3)[C@@H](C)[C@H](C)C2NC(=O)C(F)(F)F)[C@@H](C)[C@H](C)C1NC(=O)C(F)(F)F. The molecule has 4 aliphatic heterocycles. The van der Waals surface area contributed by atoms with Gasteiger partial charge in [-0.2, -0.15) is 52.7 Å². The highest BCUT2D eigenvalue weighted by Crippen LogP contribution is 2.39. The molecular weight excluding hydrogens is 1420 g/mol. The number of nitrogens with one attached hydrogen (secondary N) is 4. The van der Waals surface area contributed by atoms with E-state index in [-0.39, 0.29) is 39.5 Å². The lowest BCUT2D eigenvalue weighted by Crippen LogP contribution is -2.62. The molecule has 40 heteroatoms. The van der Waals surface area contributed by atoms with E-state index in [4.69, 9.17) is 60.1 Å². The summed E-state index contributed by atoms with van der Waals surface area (Å²) in [6, 6.07) is 4.70. The van der Waals surface area contributed by atoms with Gasteiger partial charge in [-0.25, -0.2) is 4.68 Å². The number of aliphatic hydroxyl groups is 4. The lowest BCUT2D eigenvalue weighted by molar-refractivity contribution is -0.276. The van der Waals surface area contributed by atoms with Crippen molar-refractivity contribution in [3.05, 3.63) is 80.9 Å². The Labute approximate surface area is 587 Å². The summed E-state index contributed by atoms with van der Waals surface area (Å²) in [5, 5.41) is 56.0. The van der Waals surface area contributed by atoms with Gasteiger partial charge in [-0.05, 0) is 99.4 Å². The fraction of sp³-hybridized carbons (Fsp3) is 0.656. The highest BCUT2D eigenvalue weighted by atomic mass is 19.4. The first kappa shape index (κ1) is 86.7. The zero-order valence-corrected chi connectivity index (χ0v) is 57.5. The van der Waals surface area contributed by atoms with E-state index in [0.29, 0.717) is 27.9 Å². The molecule has 0 saturated carbocycles. The molecule has 5 heterocycles. The third kappa shape index (κ3) is 23.8. The Morgan fingerprint density at radius 3 is 1.16 bits per heavy atom. The maximum absolute atomic E-state index is 13.4. The average Bonchev–Trinajstić information content (AvgIpc) is 0.958. The maximum Gasteiger partial charge on any atom is 0.471 e. The molecule has 8 unspecified atom stereocenters. The number of carbonyl (C=O) groups is 6. The zero-order chi connectivity index (χ0) is 78.3. The standard InChI is InChI=1S/C32H41F6N5O9.C22H31F6N5O7.C10H10O2/c1-14-16(3)25(39-29(47)31(33,34)35)27(51-23(14)10-43-9-22(41-42-43)21-7-19(11-44)6-20(8-21)12-45)49-13-24-15(2)17(4)26(28(52-24)50-18(5)46)40-30(48)32(36,37)38;1-8-10(3)15(31-19(35)21(23,24)25)17(39-13(8)6-30-33-29)37-7-14-9(2)11(4)16(18(40-14)38-12(5)34)32-20(36)22(26,27)28;1-2-8-3-9(6-11)5-10(4-8)7-12/h6-9,14-17,23-28,44-45H,10-13H2,1-5H3,(H,39,47)(H,40,48);8-11,13-18H,6-7H2,1-5H3,(H,31,35)(H,32,36);1,3-5,11-12H,6-7H2/t14-,15-,16-,17-,23?,24?,25?,26?,27+,28+;8-,9-,10-,11-,13?,14?,15?,16?,17+,18+;/m00./s1. The number of esters is 2. The van der Waals surface area contributed by atoms with Crippen LogP contribution in [0.25, 0.3) is 21.7 Å². The second-order valence-electron chi connectivity index (χ2n) is 25.5. The van der Waals surface area contributed by atoms with E-state index in [0.717, 1.165) is 25.0 Å². The Bertz CT molecular complexity index is 3460. The van der Waals surface area contributed by atoms with Crippen LogP contribution in [0.5, 0.6) is 0 Å². The molecule has 3 aromatic rings. The highest BCUT2D eigenvalue weighted by molar-refractivity contribution is 5.83. The number of azide groups is 1. The summed E-state index contributed by atoms with van der Waals surface area (Å²) >= 11 is 0. The Hall–Kier alpha value is -7.97. The smallest absolute Gasteiger partial charge is 0.434 e. The number of nitrogens with zero attached hydrogens (tertiary/aromatic N) is 6. The Kier molecular flexibility index (Phi) is 31.1. The van der Waals surface area contributed by atoms with Gasteiger partial charge in [0.05, 0.1) is 108 Å². The fourth-order valence-electron chi connectivity index (χ4n) is 11.8. The average molecular weight is 1510 g/mol. The minimum Gasteiger partial charge on any atom is -0.434 e. The van der Waals surface area contributed by atoms with Crippen molar-refractivity contribution >= 4 is 35.6 Å². The van der Waals surface area contributed by atoms with E-state index in [2.05, 4.69) is 26.3 Å². The van der Waals surface area contributed by atoms with Crippen molar-refractivity contribution in [3.63, 3.8) is 0 Å². The molecule has 0 spiro atoms. The molecule has 4 amide bonds. The normalized spacial score (nSPS) is 29.3. The molecule has 28 nitrogen and oxygen atoms in total.